The van der Waals surface area contributed by atoms with E-state index in [1.165, 1.54) is 22.7 Å². The van der Waals surface area contributed by atoms with Crippen molar-refractivity contribution in [1.29, 1.82) is 0 Å². The minimum absolute atomic E-state index is 0.289. The van der Waals surface area contributed by atoms with E-state index in [9.17, 15) is 9.90 Å². The van der Waals surface area contributed by atoms with Crippen molar-refractivity contribution < 1.29 is 9.90 Å². The van der Waals surface area contributed by atoms with Gasteiger partial charge in [-0.3, -0.25) is 4.79 Å². The van der Waals surface area contributed by atoms with Crippen LogP contribution in [-0.4, -0.2) is 27.0 Å². The molecule has 0 bridgehead atoms. The highest BCUT2D eigenvalue weighted by molar-refractivity contribution is 7.09. The van der Waals surface area contributed by atoms with E-state index in [0.717, 1.165) is 5.56 Å². The molecule has 0 aliphatic rings. The first-order chi connectivity index (χ1) is 11.2. The average Bonchev–Trinajstić information content (AvgIpc) is 3.27. The number of hydrogen-bond acceptors (Lipinski definition) is 6. The van der Waals surface area contributed by atoms with Gasteiger partial charge in [0, 0.05) is 17.0 Å². The number of amides is 1. The maximum Gasteiger partial charge on any atom is 0.271 e. The molecule has 0 fully saturated rings. The van der Waals surface area contributed by atoms with Gasteiger partial charge in [0.15, 0.2) is 0 Å². The Bertz CT molecular complexity index is 730. The minimum Gasteiger partial charge on any atom is -0.384 e. The highest BCUT2D eigenvalue weighted by Gasteiger charge is 2.26. The van der Waals surface area contributed by atoms with Crippen LogP contribution in [0.3, 0.4) is 0 Å². The number of nitrogens with one attached hydrogen (secondary N) is 1. The van der Waals surface area contributed by atoms with Crippen molar-refractivity contribution >= 4 is 28.6 Å². The van der Waals surface area contributed by atoms with E-state index >= 15 is 0 Å². The number of nitrogens with zero attached hydrogens (tertiary/aromatic N) is 2. The smallest absolute Gasteiger partial charge is 0.271 e. The third-order valence-corrected chi connectivity index (χ3v) is 4.80. The molecule has 0 aliphatic heterocycles. The van der Waals surface area contributed by atoms with Crippen LogP contribution in [0.1, 0.15) is 27.2 Å². The highest BCUT2D eigenvalue weighted by Crippen LogP contribution is 2.22. The topological polar surface area (TPSA) is 75.1 Å². The molecule has 1 aromatic carbocycles. The van der Waals surface area contributed by atoms with Crippen LogP contribution < -0.4 is 5.32 Å². The Labute approximate surface area is 141 Å². The van der Waals surface area contributed by atoms with E-state index in [-0.39, 0.29) is 5.91 Å². The van der Waals surface area contributed by atoms with Crippen LogP contribution in [0.2, 0.25) is 0 Å². The van der Waals surface area contributed by atoms with Gasteiger partial charge in [-0.25, -0.2) is 9.97 Å². The van der Waals surface area contributed by atoms with Crippen LogP contribution in [0.5, 0.6) is 0 Å². The zero-order valence-electron chi connectivity index (χ0n) is 12.1. The van der Waals surface area contributed by atoms with Gasteiger partial charge in [-0.1, -0.05) is 30.3 Å². The number of thiazole rings is 2. The molecule has 0 spiro atoms. The van der Waals surface area contributed by atoms with Gasteiger partial charge in [-0.2, -0.15) is 0 Å². The lowest BCUT2D eigenvalue weighted by molar-refractivity contribution is 0.0828. The van der Waals surface area contributed by atoms with Crippen LogP contribution >= 0.6 is 22.7 Å². The molecule has 3 rings (SSSR count). The minimum atomic E-state index is -0.863. The van der Waals surface area contributed by atoms with E-state index in [1.54, 1.807) is 22.5 Å². The molecule has 2 atom stereocenters. The molecular formula is C16H15N3O2S2. The predicted octanol–water partition coefficient (Wildman–Crippen LogP) is 2.67. The summed E-state index contributed by atoms with van der Waals surface area (Å²) in [7, 11) is 0. The molecule has 118 valence electrons. The quantitative estimate of drug-likeness (QED) is 0.720. The number of carbonyl (C=O) groups excluding carboxylic acids is 1. The molecule has 2 N–H and O–H groups in total. The van der Waals surface area contributed by atoms with E-state index in [2.05, 4.69) is 15.3 Å². The van der Waals surface area contributed by atoms with Crippen LogP contribution in [0.25, 0.3) is 0 Å². The van der Waals surface area contributed by atoms with Crippen molar-refractivity contribution in [3.63, 3.8) is 0 Å². The van der Waals surface area contributed by atoms with E-state index in [4.69, 9.17) is 0 Å². The van der Waals surface area contributed by atoms with Gasteiger partial charge in [0.1, 0.15) is 16.8 Å². The van der Waals surface area contributed by atoms with Crippen LogP contribution in [0, 0.1) is 0 Å². The van der Waals surface area contributed by atoms with Crippen molar-refractivity contribution in [2.24, 2.45) is 0 Å². The monoisotopic (exact) mass is 345 g/mol. The van der Waals surface area contributed by atoms with Crippen molar-refractivity contribution in [2.75, 3.05) is 0 Å². The lowest BCUT2D eigenvalue weighted by Crippen LogP contribution is -2.41. The summed E-state index contributed by atoms with van der Waals surface area (Å²) in [5.74, 6) is -0.289. The summed E-state index contributed by atoms with van der Waals surface area (Å²) in [6.45, 7) is 0. The molecule has 3 aromatic rings. The molecule has 0 saturated heterocycles. The number of hydrogen-bond donors (Lipinski definition) is 2. The number of aromatic nitrogens is 2. The molecule has 0 saturated carbocycles. The van der Waals surface area contributed by atoms with Crippen molar-refractivity contribution in [3.05, 3.63) is 69.1 Å². The van der Waals surface area contributed by atoms with Crippen LogP contribution in [0.4, 0.5) is 0 Å². The molecule has 1 amide bonds. The van der Waals surface area contributed by atoms with Gasteiger partial charge in [0.2, 0.25) is 0 Å². The Morgan fingerprint density at radius 1 is 1.26 bits per heavy atom. The van der Waals surface area contributed by atoms with Gasteiger partial charge < -0.3 is 10.4 Å². The largest absolute Gasteiger partial charge is 0.384 e. The first-order valence-corrected chi connectivity index (χ1v) is 8.86. The lowest BCUT2D eigenvalue weighted by atomic mass is 10.0. The Balaban J connectivity index is 1.79. The summed E-state index contributed by atoms with van der Waals surface area (Å²) in [5.41, 5.74) is 3.00. The first kappa shape index (κ1) is 15.8. The highest BCUT2D eigenvalue weighted by atomic mass is 32.1. The summed E-state index contributed by atoms with van der Waals surface area (Å²) < 4.78 is 0. The molecule has 0 aliphatic carbocycles. The van der Waals surface area contributed by atoms with Crippen LogP contribution in [0.15, 0.2) is 52.8 Å². The zero-order valence-corrected chi connectivity index (χ0v) is 13.8. The SMILES string of the molecule is O=C(N[C@H](Cc1ccccc1)[C@H](O)c1nccs1)c1cscn1. The summed E-state index contributed by atoms with van der Waals surface area (Å²) in [5, 5.41) is 17.5. The molecule has 5 nitrogen and oxygen atoms in total. The summed E-state index contributed by atoms with van der Waals surface area (Å²) in [6, 6.07) is 9.27. The maximum absolute atomic E-state index is 12.3. The summed E-state index contributed by atoms with van der Waals surface area (Å²) in [4.78, 5) is 20.4. The van der Waals surface area contributed by atoms with Crippen LogP contribution in [-0.2, 0) is 6.42 Å². The fraction of sp³-hybridized carbons (Fsp3) is 0.188. The Hall–Kier alpha value is -2.09. The Kier molecular flexibility index (Phi) is 5.12. The standard InChI is InChI=1S/C16H15N3O2S2/c20-14(16-17-6-7-23-16)12(8-11-4-2-1-3-5-11)19-15(21)13-9-22-10-18-13/h1-7,9-10,12,14,20H,8H2,(H,19,21)/t12-,14+/m1/s1. The number of carbonyl (C=O) groups is 1. The first-order valence-electron chi connectivity index (χ1n) is 7.04. The second-order valence-electron chi connectivity index (χ2n) is 4.96. The third-order valence-electron chi connectivity index (χ3n) is 3.37. The van der Waals surface area contributed by atoms with Gasteiger partial charge in [-0.05, 0) is 12.0 Å². The van der Waals surface area contributed by atoms with Gasteiger partial charge in [-0.15, -0.1) is 22.7 Å². The molecule has 2 aromatic heterocycles. The molecule has 23 heavy (non-hydrogen) atoms. The van der Waals surface area contributed by atoms with Crippen molar-refractivity contribution in [3.8, 4) is 0 Å². The molecule has 0 radical (unpaired) electrons. The second-order valence-corrected chi connectivity index (χ2v) is 6.60. The number of benzene rings is 1. The van der Waals surface area contributed by atoms with E-state index in [0.29, 0.717) is 17.1 Å². The van der Waals surface area contributed by atoms with Gasteiger partial charge in [0.25, 0.3) is 5.91 Å². The third kappa shape index (κ3) is 4.01. The van der Waals surface area contributed by atoms with E-state index < -0.39 is 12.1 Å². The molecular weight excluding hydrogens is 330 g/mol. The second kappa shape index (κ2) is 7.45. The number of aliphatic hydroxyl groups is 1. The predicted molar refractivity (Wildman–Crippen MR) is 90.6 cm³/mol. The Morgan fingerprint density at radius 2 is 2.09 bits per heavy atom. The number of aliphatic hydroxyl groups excluding tert-OH is 1. The molecule has 7 heteroatoms. The fourth-order valence-corrected chi connectivity index (χ4v) is 3.45. The normalized spacial score (nSPS) is 13.4. The fourth-order valence-electron chi connectivity index (χ4n) is 2.23. The van der Waals surface area contributed by atoms with Gasteiger partial charge >= 0.3 is 0 Å². The van der Waals surface area contributed by atoms with Crippen molar-refractivity contribution in [1.82, 2.24) is 15.3 Å². The molecule has 0 unspecified atom stereocenters. The summed E-state index contributed by atoms with van der Waals surface area (Å²) in [6.07, 6.45) is 1.29. The lowest BCUT2D eigenvalue weighted by Gasteiger charge is -2.22. The average molecular weight is 345 g/mol. The zero-order chi connectivity index (χ0) is 16.1. The number of rotatable bonds is 6. The Morgan fingerprint density at radius 3 is 2.74 bits per heavy atom. The maximum atomic E-state index is 12.3. The van der Waals surface area contributed by atoms with Gasteiger partial charge in [0.05, 0.1) is 11.6 Å². The summed E-state index contributed by atoms with van der Waals surface area (Å²) >= 11 is 2.73. The molecule has 2 heterocycles. The van der Waals surface area contributed by atoms with E-state index in [1.807, 2.05) is 30.3 Å². The van der Waals surface area contributed by atoms with Crippen molar-refractivity contribution in [2.45, 2.75) is 18.6 Å².